The summed E-state index contributed by atoms with van der Waals surface area (Å²) in [6, 6.07) is 0. The zero-order chi connectivity index (χ0) is 9.19. The van der Waals surface area contributed by atoms with E-state index in [1.54, 1.807) is 0 Å². The maximum Gasteiger partial charge on any atom is -0.0313 e. The fraction of sp³-hybridized carbons (Fsp3) is 0.385. The normalized spacial score (nSPS) is 24.0. The van der Waals surface area contributed by atoms with E-state index in [0.717, 1.165) is 6.42 Å². The molecule has 0 saturated carbocycles. The quantitative estimate of drug-likeness (QED) is 0.483. The third-order valence-electron chi connectivity index (χ3n) is 2.01. The zero-order valence-electron chi connectivity index (χ0n) is 8.15. The molecule has 70 valence electrons. The van der Waals surface area contributed by atoms with Crippen molar-refractivity contribution < 1.29 is 0 Å². The van der Waals surface area contributed by atoms with E-state index >= 15 is 0 Å². The molecule has 0 N–H and O–H groups in total. The monoisotopic (exact) mass is 174 g/mol. The first-order valence-electron chi connectivity index (χ1n) is 5.13. The Morgan fingerprint density at radius 3 is 1.85 bits per heavy atom. The molecule has 0 radical (unpaired) electrons. The maximum atomic E-state index is 2.30. The molecule has 0 spiro atoms. The third-order valence-corrected chi connectivity index (χ3v) is 2.01. The van der Waals surface area contributed by atoms with Crippen LogP contribution in [0.1, 0.15) is 32.1 Å². The summed E-state index contributed by atoms with van der Waals surface area (Å²) in [6.45, 7) is 0. The van der Waals surface area contributed by atoms with Crippen molar-refractivity contribution in [2.24, 2.45) is 0 Å². The molecule has 0 heterocycles. The Morgan fingerprint density at radius 2 is 1.00 bits per heavy atom. The molecule has 0 atom stereocenters. The number of hydrogen-bond acceptors (Lipinski definition) is 0. The molecule has 0 aromatic rings. The number of hydrogen-bond donors (Lipinski definition) is 0. The fourth-order valence-electron chi connectivity index (χ4n) is 1.26. The minimum absolute atomic E-state index is 1.16. The molecule has 0 bridgehead atoms. The van der Waals surface area contributed by atoms with Gasteiger partial charge >= 0.3 is 0 Å². The average Bonchev–Trinajstić information content (AvgIpc) is 2.18. The van der Waals surface area contributed by atoms with E-state index in [1.165, 1.54) is 25.7 Å². The highest BCUT2D eigenvalue weighted by Gasteiger charge is 1.81. The lowest BCUT2D eigenvalue weighted by molar-refractivity contribution is 0.863. The van der Waals surface area contributed by atoms with E-state index in [2.05, 4.69) is 48.6 Å². The predicted molar refractivity (Wildman–Crippen MR) is 59.6 cm³/mol. The summed E-state index contributed by atoms with van der Waals surface area (Å²) < 4.78 is 0. The highest BCUT2D eigenvalue weighted by molar-refractivity contribution is 5.11. The summed E-state index contributed by atoms with van der Waals surface area (Å²) >= 11 is 0. The van der Waals surface area contributed by atoms with Gasteiger partial charge in [-0.3, -0.25) is 0 Å². The predicted octanol–water partition coefficient (Wildman–Crippen LogP) is 4.18. The topological polar surface area (TPSA) is 0 Å². The van der Waals surface area contributed by atoms with Crippen molar-refractivity contribution >= 4 is 0 Å². The molecule has 0 aliphatic heterocycles. The van der Waals surface area contributed by atoms with E-state index < -0.39 is 0 Å². The van der Waals surface area contributed by atoms with Crippen LogP contribution in [0, 0.1) is 0 Å². The smallest absolute Gasteiger partial charge is 0.0313 e. The molecule has 0 unspecified atom stereocenters. The Bertz CT molecular complexity index is 216. The number of rotatable bonds is 0. The van der Waals surface area contributed by atoms with Crippen LogP contribution in [0.4, 0.5) is 0 Å². The van der Waals surface area contributed by atoms with Gasteiger partial charge in [0.05, 0.1) is 0 Å². The first-order valence-corrected chi connectivity index (χ1v) is 5.13. The largest absolute Gasteiger partial charge is 0.0885 e. The maximum absolute atomic E-state index is 2.30. The van der Waals surface area contributed by atoms with Crippen molar-refractivity contribution in [3.05, 3.63) is 48.6 Å². The van der Waals surface area contributed by atoms with Crippen LogP contribution in [0.5, 0.6) is 0 Å². The van der Waals surface area contributed by atoms with Crippen LogP contribution < -0.4 is 0 Å². The lowest BCUT2D eigenvalue weighted by Crippen LogP contribution is -1.69. The summed E-state index contributed by atoms with van der Waals surface area (Å²) in [5.41, 5.74) is 0. The van der Waals surface area contributed by atoms with Gasteiger partial charge in [-0.1, -0.05) is 48.6 Å². The van der Waals surface area contributed by atoms with E-state index in [9.17, 15) is 0 Å². The fourth-order valence-corrected chi connectivity index (χ4v) is 1.26. The molecule has 13 heavy (non-hydrogen) atoms. The van der Waals surface area contributed by atoms with Crippen molar-refractivity contribution in [1.29, 1.82) is 0 Å². The molecule has 0 fully saturated rings. The second-order valence-corrected chi connectivity index (χ2v) is 3.22. The highest BCUT2D eigenvalue weighted by atomic mass is 13.9. The summed E-state index contributed by atoms with van der Waals surface area (Å²) in [7, 11) is 0. The van der Waals surface area contributed by atoms with E-state index in [-0.39, 0.29) is 0 Å². The lowest BCUT2D eigenvalue weighted by atomic mass is 10.2. The van der Waals surface area contributed by atoms with Crippen LogP contribution in [0.15, 0.2) is 48.6 Å². The lowest BCUT2D eigenvalue weighted by Gasteiger charge is -1.89. The van der Waals surface area contributed by atoms with Crippen molar-refractivity contribution in [3.8, 4) is 0 Å². The SMILES string of the molecule is C1=CCCCC=CCC/C=C/C=C/1. The van der Waals surface area contributed by atoms with Crippen LogP contribution in [-0.2, 0) is 0 Å². The molecule has 1 aliphatic carbocycles. The van der Waals surface area contributed by atoms with E-state index in [1.807, 2.05) is 0 Å². The van der Waals surface area contributed by atoms with Gasteiger partial charge in [0.15, 0.2) is 0 Å². The van der Waals surface area contributed by atoms with Gasteiger partial charge in [-0.2, -0.15) is 0 Å². The van der Waals surface area contributed by atoms with Crippen LogP contribution in [0.3, 0.4) is 0 Å². The van der Waals surface area contributed by atoms with Gasteiger partial charge in [-0.25, -0.2) is 0 Å². The molecule has 1 aliphatic rings. The van der Waals surface area contributed by atoms with Crippen LogP contribution >= 0.6 is 0 Å². The first kappa shape index (κ1) is 10.0. The second kappa shape index (κ2) is 7.60. The first-order chi connectivity index (χ1) is 6.50. The molecule has 0 amide bonds. The molecular weight excluding hydrogens is 156 g/mol. The molecule has 0 heteroatoms. The van der Waals surface area contributed by atoms with Gasteiger partial charge in [-0.05, 0) is 32.1 Å². The van der Waals surface area contributed by atoms with Gasteiger partial charge < -0.3 is 0 Å². The minimum Gasteiger partial charge on any atom is -0.0885 e. The Labute approximate surface area is 81.4 Å². The average molecular weight is 174 g/mol. The number of allylic oxidation sites excluding steroid dienone is 8. The highest BCUT2D eigenvalue weighted by Crippen LogP contribution is 2.01. The minimum atomic E-state index is 1.16. The van der Waals surface area contributed by atoms with Crippen molar-refractivity contribution in [2.75, 3.05) is 0 Å². The van der Waals surface area contributed by atoms with Gasteiger partial charge in [0, 0.05) is 0 Å². The van der Waals surface area contributed by atoms with E-state index in [4.69, 9.17) is 0 Å². The summed E-state index contributed by atoms with van der Waals surface area (Å²) in [5, 5.41) is 0. The Balaban J connectivity index is 2.38. The Hall–Kier alpha value is -1.04. The van der Waals surface area contributed by atoms with Gasteiger partial charge in [0.25, 0.3) is 0 Å². The molecule has 0 aromatic heterocycles. The molecule has 1 rings (SSSR count). The van der Waals surface area contributed by atoms with Gasteiger partial charge in [0.2, 0.25) is 0 Å². The van der Waals surface area contributed by atoms with Gasteiger partial charge in [0.1, 0.15) is 0 Å². The molecular formula is C13H18. The zero-order valence-corrected chi connectivity index (χ0v) is 8.15. The van der Waals surface area contributed by atoms with E-state index in [0.29, 0.717) is 0 Å². The van der Waals surface area contributed by atoms with Crippen molar-refractivity contribution in [1.82, 2.24) is 0 Å². The van der Waals surface area contributed by atoms with Crippen LogP contribution in [0.2, 0.25) is 0 Å². The molecule has 0 nitrogen and oxygen atoms in total. The van der Waals surface area contributed by atoms with Crippen molar-refractivity contribution in [3.63, 3.8) is 0 Å². The Morgan fingerprint density at radius 1 is 0.462 bits per heavy atom. The van der Waals surface area contributed by atoms with Gasteiger partial charge in [-0.15, -0.1) is 0 Å². The van der Waals surface area contributed by atoms with Crippen LogP contribution in [0.25, 0.3) is 0 Å². The standard InChI is InChI=1S/C13H18/c1-2-4-6-8-10-12-13-11-9-7-5-3-1/h1-6,11,13H,7-10,12H2/b2-1+,5-3+,6-4?,13-11?. The summed E-state index contributed by atoms with van der Waals surface area (Å²) in [6.07, 6.45) is 23.5. The summed E-state index contributed by atoms with van der Waals surface area (Å²) in [4.78, 5) is 0. The molecule has 0 saturated heterocycles. The summed E-state index contributed by atoms with van der Waals surface area (Å²) in [5.74, 6) is 0. The van der Waals surface area contributed by atoms with Crippen molar-refractivity contribution in [2.45, 2.75) is 32.1 Å². The second-order valence-electron chi connectivity index (χ2n) is 3.22. The molecule has 0 aromatic carbocycles. The van der Waals surface area contributed by atoms with Crippen LogP contribution in [-0.4, -0.2) is 0 Å². The third kappa shape index (κ3) is 6.15. The Kier molecular flexibility index (Phi) is 5.87.